The fourth-order valence-corrected chi connectivity index (χ4v) is 1.81. The van der Waals surface area contributed by atoms with Crippen molar-refractivity contribution in [3.63, 3.8) is 0 Å². The number of nitrogens with zero attached hydrogens (tertiary/aromatic N) is 3. The number of ether oxygens (including phenoxy) is 1. The molecule has 1 aromatic carbocycles. The third-order valence-electron chi connectivity index (χ3n) is 2.61. The molecule has 2 aromatic rings. The number of rotatable bonds is 4. The molecule has 7 nitrogen and oxygen atoms in total. The molecule has 0 aliphatic carbocycles. The Morgan fingerprint density at radius 1 is 1.53 bits per heavy atom. The van der Waals surface area contributed by atoms with Gasteiger partial charge in [-0.05, 0) is 25.1 Å². The second-order valence-corrected chi connectivity index (χ2v) is 3.90. The van der Waals surface area contributed by atoms with E-state index in [0.29, 0.717) is 29.3 Å². The van der Waals surface area contributed by atoms with E-state index in [2.05, 4.69) is 10.3 Å². The first kappa shape index (κ1) is 12.9. The van der Waals surface area contributed by atoms with E-state index in [-0.39, 0.29) is 5.69 Å². The molecule has 0 spiro atoms. The maximum absolute atomic E-state index is 11.1. The van der Waals surface area contributed by atoms with Crippen LogP contribution in [0.25, 0.3) is 11.3 Å². The van der Waals surface area contributed by atoms with Crippen LogP contribution in [0.1, 0.15) is 17.4 Å². The Kier molecular flexibility index (Phi) is 3.37. The van der Waals surface area contributed by atoms with E-state index in [1.165, 1.54) is 4.68 Å². The SMILES string of the molecule is CCOc1ccc(-c2c(C(=O)O)nnn2C)cc1N. The van der Waals surface area contributed by atoms with Gasteiger partial charge in [-0.15, -0.1) is 5.10 Å². The summed E-state index contributed by atoms with van der Waals surface area (Å²) in [5.41, 5.74) is 7.24. The van der Waals surface area contributed by atoms with Gasteiger partial charge in [-0.25, -0.2) is 9.48 Å². The molecule has 0 saturated heterocycles. The summed E-state index contributed by atoms with van der Waals surface area (Å²) in [4.78, 5) is 11.1. The summed E-state index contributed by atoms with van der Waals surface area (Å²) >= 11 is 0. The first-order valence-electron chi connectivity index (χ1n) is 5.70. The Morgan fingerprint density at radius 3 is 2.84 bits per heavy atom. The first-order valence-corrected chi connectivity index (χ1v) is 5.70. The van der Waals surface area contributed by atoms with Crippen molar-refractivity contribution >= 4 is 11.7 Å². The summed E-state index contributed by atoms with van der Waals surface area (Å²) in [5.74, 6) is -0.561. The molecule has 0 radical (unpaired) electrons. The number of hydrogen-bond donors (Lipinski definition) is 2. The molecule has 1 heterocycles. The lowest BCUT2D eigenvalue weighted by atomic mass is 10.1. The predicted octanol–water partition coefficient (Wildman–Crippen LogP) is 1.16. The quantitative estimate of drug-likeness (QED) is 0.801. The van der Waals surface area contributed by atoms with Crippen LogP contribution in [-0.4, -0.2) is 32.7 Å². The van der Waals surface area contributed by atoms with Crippen molar-refractivity contribution in [3.05, 3.63) is 23.9 Å². The average molecular weight is 262 g/mol. The molecule has 0 unspecified atom stereocenters. The summed E-state index contributed by atoms with van der Waals surface area (Å²) in [7, 11) is 1.63. The lowest BCUT2D eigenvalue weighted by Crippen LogP contribution is -2.02. The molecule has 0 aliphatic heterocycles. The molecule has 0 atom stereocenters. The van der Waals surface area contributed by atoms with Crippen LogP contribution in [0, 0.1) is 0 Å². The number of benzene rings is 1. The standard InChI is InChI=1S/C12H14N4O3/c1-3-19-9-5-4-7(6-8(9)13)11-10(12(17)18)14-15-16(11)2/h4-6H,3,13H2,1-2H3,(H,17,18). The highest BCUT2D eigenvalue weighted by atomic mass is 16.5. The monoisotopic (exact) mass is 262 g/mol. The van der Waals surface area contributed by atoms with E-state index < -0.39 is 5.97 Å². The van der Waals surface area contributed by atoms with Gasteiger partial charge in [0.05, 0.1) is 12.3 Å². The fourth-order valence-electron chi connectivity index (χ4n) is 1.81. The Bertz CT molecular complexity index is 621. The molecular formula is C12H14N4O3. The number of aryl methyl sites for hydroxylation is 1. The van der Waals surface area contributed by atoms with Gasteiger partial charge in [0.25, 0.3) is 0 Å². The summed E-state index contributed by atoms with van der Waals surface area (Å²) in [5, 5.41) is 16.4. The highest BCUT2D eigenvalue weighted by Gasteiger charge is 2.19. The second-order valence-electron chi connectivity index (χ2n) is 3.90. The zero-order chi connectivity index (χ0) is 14.0. The lowest BCUT2D eigenvalue weighted by Gasteiger charge is -2.09. The molecule has 100 valence electrons. The van der Waals surface area contributed by atoms with Gasteiger partial charge in [0, 0.05) is 12.6 Å². The number of carboxylic acid groups (broad SMARTS) is 1. The maximum atomic E-state index is 11.1. The van der Waals surface area contributed by atoms with Gasteiger partial charge >= 0.3 is 5.97 Å². The van der Waals surface area contributed by atoms with Gasteiger partial charge in [0.15, 0.2) is 5.69 Å². The van der Waals surface area contributed by atoms with Crippen molar-refractivity contribution < 1.29 is 14.6 Å². The van der Waals surface area contributed by atoms with Gasteiger partial charge < -0.3 is 15.6 Å². The van der Waals surface area contributed by atoms with Crippen LogP contribution in [0.3, 0.4) is 0 Å². The summed E-state index contributed by atoms with van der Waals surface area (Å²) in [6.45, 7) is 2.37. The van der Waals surface area contributed by atoms with Crippen LogP contribution in [0.5, 0.6) is 5.75 Å². The van der Waals surface area contributed by atoms with Crippen molar-refractivity contribution in [3.8, 4) is 17.0 Å². The molecule has 2 rings (SSSR count). The van der Waals surface area contributed by atoms with Crippen LogP contribution in [0.4, 0.5) is 5.69 Å². The topological polar surface area (TPSA) is 103 Å². The van der Waals surface area contributed by atoms with Gasteiger partial charge in [-0.3, -0.25) is 0 Å². The minimum Gasteiger partial charge on any atom is -0.492 e. The Morgan fingerprint density at radius 2 is 2.26 bits per heavy atom. The van der Waals surface area contributed by atoms with Gasteiger partial charge in [-0.2, -0.15) is 0 Å². The smallest absolute Gasteiger partial charge is 0.358 e. The number of carbonyl (C=O) groups is 1. The molecule has 0 aliphatic rings. The van der Waals surface area contributed by atoms with Crippen molar-refractivity contribution in [2.45, 2.75) is 6.92 Å². The number of nitrogens with two attached hydrogens (primary N) is 1. The number of carboxylic acids is 1. The molecule has 0 saturated carbocycles. The Labute approximate surface area is 109 Å². The fraction of sp³-hybridized carbons (Fsp3) is 0.250. The van der Waals surface area contributed by atoms with Crippen LogP contribution in [-0.2, 0) is 7.05 Å². The third-order valence-corrected chi connectivity index (χ3v) is 2.61. The number of anilines is 1. The lowest BCUT2D eigenvalue weighted by molar-refractivity contribution is 0.0691. The molecule has 0 amide bonds. The zero-order valence-corrected chi connectivity index (χ0v) is 10.6. The van der Waals surface area contributed by atoms with Gasteiger partial charge in [0.1, 0.15) is 11.4 Å². The highest BCUT2D eigenvalue weighted by molar-refractivity contribution is 5.93. The zero-order valence-electron chi connectivity index (χ0n) is 10.6. The van der Waals surface area contributed by atoms with Crippen LogP contribution < -0.4 is 10.5 Å². The highest BCUT2D eigenvalue weighted by Crippen LogP contribution is 2.29. The second kappa shape index (κ2) is 4.97. The van der Waals surface area contributed by atoms with Gasteiger partial charge in [0.2, 0.25) is 0 Å². The largest absolute Gasteiger partial charge is 0.492 e. The molecule has 0 fully saturated rings. The van der Waals surface area contributed by atoms with E-state index in [1.807, 2.05) is 6.92 Å². The molecular weight excluding hydrogens is 248 g/mol. The third kappa shape index (κ3) is 2.35. The molecule has 7 heteroatoms. The molecule has 0 bridgehead atoms. The van der Waals surface area contributed by atoms with Crippen molar-refractivity contribution in [2.75, 3.05) is 12.3 Å². The first-order chi connectivity index (χ1) is 9.04. The van der Waals surface area contributed by atoms with E-state index in [9.17, 15) is 4.79 Å². The average Bonchev–Trinajstić information content (AvgIpc) is 2.74. The summed E-state index contributed by atoms with van der Waals surface area (Å²) < 4.78 is 6.74. The minimum atomic E-state index is -1.13. The van der Waals surface area contributed by atoms with Gasteiger partial charge in [-0.1, -0.05) is 5.21 Å². The summed E-state index contributed by atoms with van der Waals surface area (Å²) in [6, 6.07) is 5.08. The molecule has 19 heavy (non-hydrogen) atoms. The number of aromatic carboxylic acids is 1. The number of aromatic nitrogens is 3. The van der Waals surface area contributed by atoms with Crippen molar-refractivity contribution in [1.82, 2.24) is 15.0 Å². The van der Waals surface area contributed by atoms with Crippen molar-refractivity contribution in [2.24, 2.45) is 7.05 Å². The van der Waals surface area contributed by atoms with E-state index in [4.69, 9.17) is 15.6 Å². The van der Waals surface area contributed by atoms with E-state index in [1.54, 1.807) is 25.2 Å². The Balaban J connectivity index is 2.51. The Hall–Kier alpha value is -2.57. The van der Waals surface area contributed by atoms with Crippen LogP contribution >= 0.6 is 0 Å². The van der Waals surface area contributed by atoms with E-state index >= 15 is 0 Å². The van der Waals surface area contributed by atoms with Crippen LogP contribution in [0.15, 0.2) is 18.2 Å². The van der Waals surface area contributed by atoms with E-state index in [0.717, 1.165) is 0 Å². The molecule has 3 N–H and O–H groups in total. The molecule has 1 aromatic heterocycles. The maximum Gasteiger partial charge on any atom is 0.358 e. The number of nitrogen functional groups attached to an aromatic ring is 1. The number of hydrogen-bond acceptors (Lipinski definition) is 5. The normalized spacial score (nSPS) is 10.4. The van der Waals surface area contributed by atoms with Crippen LogP contribution in [0.2, 0.25) is 0 Å². The summed E-state index contributed by atoms with van der Waals surface area (Å²) in [6.07, 6.45) is 0. The van der Waals surface area contributed by atoms with Crippen molar-refractivity contribution in [1.29, 1.82) is 0 Å². The predicted molar refractivity (Wildman–Crippen MR) is 69.0 cm³/mol. The minimum absolute atomic E-state index is 0.106.